The largest absolute Gasteiger partial charge is 0.311 e. The fourth-order valence-electron chi connectivity index (χ4n) is 1.74. The monoisotopic (exact) mass is 261 g/mol. The fraction of sp³-hybridized carbons (Fsp3) is 0.357. The van der Waals surface area contributed by atoms with E-state index in [1.165, 1.54) is 4.88 Å². The van der Waals surface area contributed by atoms with Gasteiger partial charge in [-0.25, -0.2) is 0 Å². The van der Waals surface area contributed by atoms with E-state index >= 15 is 0 Å². The number of thiophene rings is 1. The van der Waals surface area contributed by atoms with Crippen LogP contribution in [0.1, 0.15) is 10.6 Å². The zero-order valence-corrected chi connectivity index (χ0v) is 11.5. The Labute approximate surface area is 112 Å². The highest BCUT2D eigenvalue weighted by molar-refractivity contribution is 7.09. The van der Waals surface area contributed by atoms with E-state index in [-0.39, 0.29) is 0 Å². The Morgan fingerprint density at radius 1 is 1.28 bits per heavy atom. The third-order valence-electron chi connectivity index (χ3n) is 2.71. The number of pyridine rings is 1. The molecule has 0 atom stereocenters. The Morgan fingerprint density at radius 2 is 2.22 bits per heavy atom. The summed E-state index contributed by atoms with van der Waals surface area (Å²) in [5.41, 5.74) is 1.12. The van der Waals surface area contributed by atoms with Gasteiger partial charge in [0.2, 0.25) is 0 Å². The summed E-state index contributed by atoms with van der Waals surface area (Å²) in [5, 5.41) is 5.57. The van der Waals surface area contributed by atoms with Gasteiger partial charge in [0.25, 0.3) is 0 Å². The molecule has 2 aromatic heterocycles. The number of likely N-dealkylation sites (N-methyl/N-ethyl adjacent to an activating group) is 1. The molecule has 0 saturated heterocycles. The molecule has 0 radical (unpaired) electrons. The summed E-state index contributed by atoms with van der Waals surface area (Å²) in [6.07, 6.45) is 1.85. The predicted octanol–water partition coefficient (Wildman–Crippen LogP) is 2.36. The molecular formula is C14H19N3S. The molecule has 0 unspecified atom stereocenters. The molecular weight excluding hydrogens is 242 g/mol. The average molecular weight is 261 g/mol. The first kappa shape index (κ1) is 13.2. The molecule has 0 fully saturated rings. The van der Waals surface area contributed by atoms with E-state index in [4.69, 9.17) is 0 Å². The van der Waals surface area contributed by atoms with Crippen LogP contribution in [-0.2, 0) is 13.1 Å². The molecule has 0 saturated carbocycles. The van der Waals surface area contributed by atoms with E-state index in [0.717, 1.165) is 31.9 Å². The number of aromatic nitrogens is 1. The molecule has 0 bridgehead atoms. The lowest BCUT2D eigenvalue weighted by Gasteiger charge is -2.16. The quantitative estimate of drug-likeness (QED) is 0.776. The van der Waals surface area contributed by atoms with Crippen molar-refractivity contribution in [1.29, 1.82) is 0 Å². The van der Waals surface area contributed by atoms with Crippen molar-refractivity contribution in [3.63, 3.8) is 0 Å². The molecule has 4 heteroatoms. The highest BCUT2D eigenvalue weighted by atomic mass is 32.1. The zero-order valence-electron chi connectivity index (χ0n) is 10.7. The number of hydrogen-bond acceptors (Lipinski definition) is 4. The van der Waals surface area contributed by atoms with Gasteiger partial charge in [-0.15, -0.1) is 11.3 Å². The van der Waals surface area contributed by atoms with Crippen LogP contribution in [0.25, 0.3) is 0 Å². The van der Waals surface area contributed by atoms with Gasteiger partial charge >= 0.3 is 0 Å². The lowest BCUT2D eigenvalue weighted by molar-refractivity contribution is 0.320. The van der Waals surface area contributed by atoms with Crippen molar-refractivity contribution in [2.45, 2.75) is 13.1 Å². The molecule has 96 valence electrons. The minimum Gasteiger partial charge on any atom is -0.311 e. The van der Waals surface area contributed by atoms with Crippen molar-refractivity contribution in [3.05, 3.63) is 52.5 Å². The van der Waals surface area contributed by atoms with E-state index in [9.17, 15) is 0 Å². The van der Waals surface area contributed by atoms with Gasteiger partial charge in [-0.05, 0) is 30.6 Å². The first-order valence-electron chi connectivity index (χ1n) is 6.16. The highest BCUT2D eigenvalue weighted by Crippen LogP contribution is 2.07. The number of hydrogen-bond donors (Lipinski definition) is 1. The first-order chi connectivity index (χ1) is 8.84. The van der Waals surface area contributed by atoms with Crippen LogP contribution >= 0.6 is 11.3 Å². The second kappa shape index (κ2) is 7.26. The maximum atomic E-state index is 4.33. The van der Waals surface area contributed by atoms with Crippen LogP contribution in [0.15, 0.2) is 41.9 Å². The van der Waals surface area contributed by atoms with Crippen molar-refractivity contribution < 1.29 is 0 Å². The number of nitrogens with zero attached hydrogens (tertiary/aromatic N) is 2. The van der Waals surface area contributed by atoms with E-state index in [1.807, 2.05) is 18.3 Å². The van der Waals surface area contributed by atoms with Crippen molar-refractivity contribution in [2.24, 2.45) is 0 Å². The van der Waals surface area contributed by atoms with E-state index in [1.54, 1.807) is 11.3 Å². The summed E-state index contributed by atoms with van der Waals surface area (Å²) in [7, 11) is 2.13. The molecule has 2 aromatic rings. The highest BCUT2D eigenvalue weighted by Gasteiger charge is 2.00. The second-order valence-corrected chi connectivity index (χ2v) is 5.35. The maximum absolute atomic E-state index is 4.33. The lowest BCUT2D eigenvalue weighted by Crippen LogP contribution is -2.28. The van der Waals surface area contributed by atoms with Crippen molar-refractivity contribution in [1.82, 2.24) is 15.2 Å². The molecule has 2 heterocycles. The molecule has 0 aromatic carbocycles. The zero-order chi connectivity index (χ0) is 12.6. The standard InChI is InChI=1S/C14H19N3S/c1-17(12-13-5-2-3-7-16-13)9-8-15-11-14-6-4-10-18-14/h2-7,10,15H,8-9,11-12H2,1H3. The number of nitrogens with one attached hydrogen (secondary N) is 1. The molecule has 0 aliphatic rings. The van der Waals surface area contributed by atoms with Crippen LogP contribution < -0.4 is 5.32 Å². The van der Waals surface area contributed by atoms with Gasteiger partial charge in [-0.3, -0.25) is 9.88 Å². The van der Waals surface area contributed by atoms with E-state index in [0.29, 0.717) is 0 Å². The van der Waals surface area contributed by atoms with Gasteiger partial charge in [0.1, 0.15) is 0 Å². The minimum absolute atomic E-state index is 0.904. The van der Waals surface area contributed by atoms with Gasteiger partial charge in [0.15, 0.2) is 0 Å². The van der Waals surface area contributed by atoms with Crippen LogP contribution in [0.4, 0.5) is 0 Å². The third-order valence-corrected chi connectivity index (χ3v) is 3.58. The summed E-state index contributed by atoms with van der Waals surface area (Å²) < 4.78 is 0. The Balaban J connectivity index is 1.62. The van der Waals surface area contributed by atoms with Crippen LogP contribution in [0.3, 0.4) is 0 Å². The minimum atomic E-state index is 0.904. The van der Waals surface area contributed by atoms with Gasteiger partial charge in [0.05, 0.1) is 5.69 Å². The molecule has 0 aliphatic carbocycles. The van der Waals surface area contributed by atoms with Crippen LogP contribution in [0.5, 0.6) is 0 Å². The summed E-state index contributed by atoms with van der Waals surface area (Å²) in [6.45, 7) is 3.90. The summed E-state index contributed by atoms with van der Waals surface area (Å²) >= 11 is 1.80. The lowest BCUT2D eigenvalue weighted by atomic mass is 10.3. The Bertz CT molecular complexity index is 428. The van der Waals surface area contributed by atoms with Gasteiger partial charge in [-0.2, -0.15) is 0 Å². The maximum Gasteiger partial charge on any atom is 0.0543 e. The molecule has 0 aliphatic heterocycles. The number of rotatable bonds is 7. The molecule has 18 heavy (non-hydrogen) atoms. The smallest absolute Gasteiger partial charge is 0.0543 e. The average Bonchev–Trinajstić information content (AvgIpc) is 2.89. The summed E-state index contributed by atoms with van der Waals surface area (Å²) in [4.78, 5) is 8.00. The second-order valence-electron chi connectivity index (χ2n) is 4.31. The van der Waals surface area contributed by atoms with Crippen molar-refractivity contribution in [3.8, 4) is 0 Å². The Kier molecular flexibility index (Phi) is 5.33. The molecule has 3 nitrogen and oxygen atoms in total. The SMILES string of the molecule is CN(CCNCc1cccs1)Cc1ccccn1. The van der Waals surface area contributed by atoms with Gasteiger partial charge in [-0.1, -0.05) is 12.1 Å². The van der Waals surface area contributed by atoms with Crippen molar-refractivity contribution >= 4 is 11.3 Å². The van der Waals surface area contributed by atoms with Gasteiger partial charge in [0, 0.05) is 37.3 Å². The molecule has 1 N–H and O–H groups in total. The molecule has 2 rings (SSSR count). The predicted molar refractivity (Wildman–Crippen MR) is 76.6 cm³/mol. The van der Waals surface area contributed by atoms with Gasteiger partial charge < -0.3 is 5.32 Å². The fourth-order valence-corrected chi connectivity index (χ4v) is 2.42. The third kappa shape index (κ3) is 4.56. The van der Waals surface area contributed by atoms with E-state index in [2.05, 4.69) is 45.8 Å². The van der Waals surface area contributed by atoms with E-state index < -0.39 is 0 Å². The molecule has 0 amide bonds. The van der Waals surface area contributed by atoms with Crippen LogP contribution in [0.2, 0.25) is 0 Å². The molecule has 0 spiro atoms. The Hall–Kier alpha value is -1.23. The normalized spacial score (nSPS) is 11.0. The van der Waals surface area contributed by atoms with Crippen molar-refractivity contribution in [2.75, 3.05) is 20.1 Å². The van der Waals surface area contributed by atoms with Crippen LogP contribution in [-0.4, -0.2) is 30.0 Å². The first-order valence-corrected chi connectivity index (χ1v) is 7.04. The van der Waals surface area contributed by atoms with Crippen LogP contribution in [0, 0.1) is 0 Å². The summed E-state index contributed by atoms with van der Waals surface area (Å²) in [5.74, 6) is 0. The topological polar surface area (TPSA) is 28.2 Å². The Morgan fingerprint density at radius 3 is 2.94 bits per heavy atom. The summed E-state index contributed by atoms with van der Waals surface area (Å²) in [6, 6.07) is 10.3.